The monoisotopic (exact) mass is 297 g/mol. The number of aryl methyl sites for hydroxylation is 1. The van der Waals surface area contributed by atoms with Crippen molar-refractivity contribution in [3.05, 3.63) is 65.2 Å². The SMILES string of the molecule is Cc1cccc([C@@H](C)NCc2ccc([Si](C)(C)C)cc2)c1. The van der Waals surface area contributed by atoms with Gasteiger partial charge in [0.2, 0.25) is 0 Å². The summed E-state index contributed by atoms with van der Waals surface area (Å²) in [5.74, 6) is 0. The first-order chi connectivity index (χ1) is 9.86. The van der Waals surface area contributed by atoms with Gasteiger partial charge in [-0.15, -0.1) is 0 Å². The van der Waals surface area contributed by atoms with Gasteiger partial charge in [0.1, 0.15) is 0 Å². The summed E-state index contributed by atoms with van der Waals surface area (Å²) in [5.41, 5.74) is 4.03. The van der Waals surface area contributed by atoms with Crippen molar-refractivity contribution in [3.63, 3.8) is 0 Å². The Kier molecular flexibility index (Phi) is 5.02. The quantitative estimate of drug-likeness (QED) is 0.807. The Morgan fingerprint density at radius 2 is 1.67 bits per heavy atom. The summed E-state index contributed by atoms with van der Waals surface area (Å²) in [6.07, 6.45) is 0. The summed E-state index contributed by atoms with van der Waals surface area (Å²) in [5, 5.41) is 5.14. The number of nitrogens with one attached hydrogen (secondary N) is 1. The molecule has 0 saturated carbocycles. The van der Waals surface area contributed by atoms with Gasteiger partial charge in [0.05, 0.1) is 8.07 Å². The zero-order valence-electron chi connectivity index (χ0n) is 13.9. The van der Waals surface area contributed by atoms with Crippen molar-refractivity contribution in [2.75, 3.05) is 0 Å². The molecule has 0 radical (unpaired) electrons. The van der Waals surface area contributed by atoms with E-state index in [2.05, 4.69) is 87.3 Å². The first-order valence-electron chi connectivity index (χ1n) is 7.75. The maximum absolute atomic E-state index is 3.61. The average Bonchev–Trinajstić information content (AvgIpc) is 2.44. The third-order valence-electron chi connectivity index (χ3n) is 3.97. The van der Waals surface area contributed by atoms with Crippen LogP contribution in [0.15, 0.2) is 48.5 Å². The van der Waals surface area contributed by atoms with E-state index in [-0.39, 0.29) is 0 Å². The van der Waals surface area contributed by atoms with Crippen molar-refractivity contribution >= 4 is 13.3 Å². The number of rotatable bonds is 5. The van der Waals surface area contributed by atoms with E-state index in [0.717, 1.165) is 6.54 Å². The van der Waals surface area contributed by atoms with Gasteiger partial charge < -0.3 is 5.32 Å². The minimum Gasteiger partial charge on any atom is -0.306 e. The van der Waals surface area contributed by atoms with Crippen LogP contribution in [0.5, 0.6) is 0 Å². The molecule has 2 aromatic carbocycles. The molecule has 0 unspecified atom stereocenters. The van der Waals surface area contributed by atoms with Crippen molar-refractivity contribution in [1.29, 1.82) is 0 Å². The first-order valence-corrected chi connectivity index (χ1v) is 11.3. The predicted molar refractivity (Wildman–Crippen MR) is 95.9 cm³/mol. The van der Waals surface area contributed by atoms with Crippen LogP contribution in [0.25, 0.3) is 0 Å². The number of benzene rings is 2. The molecule has 0 saturated heterocycles. The summed E-state index contributed by atoms with van der Waals surface area (Å²) in [6.45, 7) is 12.5. The second kappa shape index (κ2) is 6.59. The molecule has 0 amide bonds. The van der Waals surface area contributed by atoms with Crippen LogP contribution in [-0.4, -0.2) is 8.07 Å². The summed E-state index contributed by atoms with van der Waals surface area (Å²) in [4.78, 5) is 0. The first kappa shape index (κ1) is 16.0. The van der Waals surface area contributed by atoms with Crippen molar-refractivity contribution in [1.82, 2.24) is 5.32 Å². The number of hydrogen-bond donors (Lipinski definition) is 1. The van der Waals surface area contributed by atoms with E-state index in [9.17, 15) is 0 Å². The zero-order chi connectivity index (χ0) is 15.5. The van der Waals surface area contributed by atoms with E-state index in [1.54, 1.807) is 0 Å². The molecule has 0 bridgehead atoms. The van der Waals surface area contributed by atoms with E-state index in [1.807, 2.05) is 0 Å². The molecule has 1 nitrogen and oxygen atoms in total. The molecule has 21 heavy (non-hydrogen) atoms. The van der Waals surface area contributed by atoms with Crippen LogP contribution in [0.1, 0.15) is 29.7 Å². The lowest BCUT2D eigenvalue weighted by Crippen LogP contribution is -2.37. The number of hydrogen-bond acceptors (Lipinski definition) is 1. The van der Waals surface area contributed by atoms with Crippen molar-refractivity contribution in [2.45, 2.75) is 46.1 Å². The van der Waals surface area contributed by atoms with E-state index in [0.29, 0.717) is 6.04 Å². The largest absolute Gasteiger partial charge is 0.306 e. The maximum Gasteiger partial charge on any atom is 0.0775 e. The van der Waals surface area contributed by atoms with E-state index in [4.69, 9.17) is 0 Å². The third-order valence-corrected chi connectivity index (χ3v) is 6.04. The molecular formula is C19H27NSi. The van der Waals surface area contributed by atoms with Crippen LogP contribution >= 0.6 is 0 Å². The van der Waals surface area contributed by atoms with Gasteiger partial charge in [-0.1, -0.05) is 78.9 Å². The molecular weight excluding hydrogens is 270 g/mol. The topological polar surface area (TPSA) is 12.0 Å². The van der Waals surface area contributed by atoms with Crippen molar-refractivity contribution in [3.8, 4) is 0 Å². The highest BCUT2D eigenvalue weighted by atomic mass is 28.3. The normalized spacial score (nSPS) is 13.2. The highest BCUT2D eigenvalue weighted by Crippen LogP contribution is 2.14. The molecule has 1 N–H and O–H groups in total. The standard InChI is InChI=1S/C19H27NSi/c1-15-7-6-8-18(13-15)16(2)20-14-17-9-11-19(12-10-17)21(3,4)5/h6-13,16,20H,14H2,1-5H3/t16-/m1/s1. The predicted octanol–water partition coefficient (Wildman–Crippen LogP) is 4.39. The van der Waals surface area contributed by atoms with Crippen LogP contribution in [0.4, 0.5) is 0 Å². The van der Waals surface area contributed by atoms with Crippen LogP contribution in [0.2, 0.25) is 19.6 Å². The van der Waals surface area contributed by atoms with Crippen molar-refractivity contribution in [2.24, 2.45) is 0 Å². The lowest BCUT2D eigenvalue weighted by atomic mass is 10.1. The lowest BCUT2D eigenvalue weighted by Gasteiger charge is -2.18. The molecule has 0 heterocycles. The Labute approximate surface area is 130 Å². The van der Waals surface area contributed by atoms with Gasteiger partial charge in [-0.2, -0.15) is 0 Å². The molecule has 0 aliphatic rings. The summed E-state index contributed by atoms with van der Waals surface area (Å²) in [7, 11) is -1.18. The fourth-order valence-electron chi connectivity index (χ4n) is 2.45. The summed E-state index contributed by atoms with van der Waals surface area (Å²) in [6, 6.07) is 18.2. The smallest absolute Gasteiger partial charge is 0.0775 e. The van der Waals surface area contributed by atoms with Gasteiger partial charge in [0.15, 0.2) is 0 Å². The average molecular weight is 298 g/mol. The van der Waals surface area contributed by atoms with Gasteiger partial charge in [-0.25, -0.2) is 0 Å². The van der Waals surface area contributed by atoms with Gasteiger partial charge in [-0.05, 0) is 25.0 Å². The maximum atomic E-state index is 3.61. The fraction of sp³-hybridized carbons (Fsp3) is 0.368. The molecule has 0 spiro atoms. The Morgan fingerprint density at radius 1 is 1.00 bits per heavy atom. The minimum atomic E-state index is -1.18. The highest BCUT2D eigenvalue weighted by molar-refractivity contribution is 6.88. The Hall–Kier alpha value is -1.38. The summed E-state index contributed by atoms with van der Waals surface area (Å²) < 4.78 is 0. The van der Waals surface area contributed by atoms with Crippen LogP contribution in [-0.2, 0) is 6.54 Å². The zero-order valence-corrected chi connectivity index (χ0v) is 14.9. The van der Waals surface area contributed by atoms with E-state index < -0.39 is 8.07 Å². The summed E-state index contributed by atoms with van der Waals surface area (Å²) >= 11 is 0. The molecule has 0 aliphatic carbocycles. The lowest BCUT2D eigenvalue weighted by molar-refractivity contribution is 0.574. The molecule has 0 aromatic heterocycles. The molecule has 0 fully saturated rings. The fourth-order valence-corrected chi connectivity index (χ4v) is 3.62. The molecule has 0 aliphatic heterocycles. The minimum absolute atomic E-state index is 0.376. The van der Waals surface area contributed by atoms with Crippen LogP contribution in [0, 0.1) is 6.92 Å². The second-order valence-corrected chi connectivity index (χ2v) is 12.0. The Bertz CT molecular complexity index is 581. The van der Waals surface area contributed by atoms with Gasteiger partial charge in [-0.3, -0.25) is 0 Å². The Balaban J connectivity index is 1.97. The van der Waals surface area contributed by atoms with Gasteiger partial charge in [0.25, 0.3) is 0 Å². The van der Waals surface area contributed by atoms with E-state index >= 15 is 0 Å². The molecule has 1 atom stereocenters. The van der Waals surface area contributed by atoms with Crippen LogP contribution < -0.4 is 10.5 Å². The second-order valence-electron chi connectivity index (χ2n) is 6.96. The van der Waals surface area contributed by atoms with Gasteiger partial charge in [0, 0.05) is 12.6 Å². The van der Waals surface area contributed by atoms with E-state index in [1.165, 1.54) is 21.9 Å². The van der Waals surface area contributed by atoms with Crippen LogP contribution in [0.3, 0.4) is 0 Å². The van der Waals surface area contributed by atoms with Crippen molar-refractivity contribution < 1.29 is 0 Å². The Morgan fingerprint density at radius 3 is 2.24 bits per heavy atom. The molecule has 112 valence electrons. The molecule has 2 aromatic rings. The highest BCUT2D eigenvalue weighted by Gasteiger charge is 2.15. The van der Waals surface area contributed by atoms with Gasteiger partial charge >= 0.3 is 0 Å². The molecule has 2 heteroatoms. The third kappa shape index (κ3) is 4.55. The molecule has 2 rings (SSSR count).